The number of carbonyl (C=O) groups is 1. The zero-order chi connectivity index (χ0) is 22.5. The fourth-order valence-electron chi connectivity index (χ4n) is 3.32. The highest BCUT2D eigenvalue weighted by atomic mass is 16.6. The quantitative estimate of drug-likeness (QED) is 0.345. The standard InChI is InChI=1S/C20H25N3O8/c1-30-12-4-2-11(3-5-12)13(24)6-7-15(25)21-10-14-17(27)18(28)19(31-14)23-9-8-16(26)22-20(23)29/h2-5,8-9,13-14,17-19,24,27-28H,6-7,10H2,1H3,(H,21,25)(H,22,26,29)/t13?,14-,17-,18-,19-/m1/s1. The number of rotatable bonds is 8. The molecule has 1 unspecified atom stereocenters. The second kappa shape index (κ2) is 9.88. The highest BCUT2D eigenvalue weighted by Crippen LogP contribution is 2.28. The van der Waals surface area contributed by atoms with E-state index in [1.54, 1.807) is 31.4 Å². The summed E-state index contributed by atoms with van der Waals surface area (Å²) in [5.41, 5.74) is -0.740. The number of hydrogen-bond acceptors (Lipinski definition) is 8. The van der Waals surface area contributed by atoms with Crippen molar-refractivity contribution in [1.82, 2.24) is 14.9 Å². The molecule has 2 heterocycles. The average Bonchev–Trinajstić information content (AvgIpc) is 3.04. The fraction of sp³-hybridized carbons (Fsp3) is 0.450. The number of aromatic amines is 1. The Hall–Kier alpha value is -2.99. The van der Waals surface area contributed by atoms with Crippen molar-refractivity contribution in [3.63, 3.8) is 0 Å². The Bertz CT molecular complexity index is 1000. The molecular formula is C20H25N3O8. The SMILES string of the molecule is COc1ccc(C(O)CCC(=O)NC[C@H]2O[C@@H](n3ccc(=O)[nH]c3=O)[C@H](O)[C@@H]2O)cc1. The van der Waals surface area contributed by atoms with Crippen LogP contribution in [-0.4, -0.2) is 62.7 Å². The van der Waals surface area contributed by atoms with Gasteiger partial charge in [-0.1, -0.05) is 12.1 Å². The van der Waals surface area contributed by atoms with Gasteiger partial charge in [0.25, 0.3) is 5.56 Å². The molecule has 5 N–H and O–H groups in total. The maximum atomic E-state index is 12.1. The summed E-state index contributed by atoms with van der Waals surface area (Å²) in [6.07, 6.45) is -4.42. The molecule has 2 aromatic rings. The summed E-state index contributed by atoms with van der Waals surface area (Å²) in [6, 6.07) is 7.95. The third kappa shape index (κ3) is 5.39. The molecule has 1 amide bonds. The Morgan fingerprint density at radius 3 is 2.58 bits per heavy atom. The number of benzene rings is 1. The summed E-state index contributed by atoms with van der Waals surface area (Å²) in [4.78, 5) is 37.2. The fourth-order valence-corrected chi connectivity index (χ4v) is 3.32. The van der Waals surface area contributed by atoms with Crippen molar-refractivity contribution in [2.45, 2.75) is 43.5 Å². The Morgan fingerprint density at radius 1 is 1.23 bits per heavy atom. The summed E-state index contributed by atoms with van der Waals surface area (Å²) in [5, 5.41) is 33.2. The van der Waals surface area contributed by atoms with E-state index in [-0.39, 0.29) is 25.3 Å². The number of nitrogens with one attached hydrogen (secondary N) is 2. The monoisotopic (exact) mass is 435 g/mol. The number of amides is 1. The first-order chi connectivity index (χ1) is 14.8. The van der Waals surface area contributed by atoms with Crippen molar-refractivity contribution in [2.75, 3.05) is 13.7 Å². The molecule has 0 radical (unpaired) electrons. The van der Waals surface area contributed by atoms with Crippen molar-refractivity contribution in [1.29, 1.82) is 0 Å². The molecule has 31 heavy (non-hydrogen) atoms. The number of aliphatic hydroxyl groups excluding tert-OH is 3. The molecule has 1 aliphatic heterocycles. The number of methoxy groups -OCH3 is 1. The lowest BCUT2D eigenvalue weighted by molar-refractivity contribution is -0.122. The summed E-state index contributed by atoms with van der Waals surface area (Å²) in [5.74, 6) is 0.288. The van der Waals surface area contributed by atoms with Crippen LogP contribution in [0.3, 0.4) is 0 Å². The predicted octanol–water partition coefficient (Wildman–Crippen LogP) is -1.21. The number of H-pyrrole nitrogens is 1. The van der Waals surface area contributed by atoms with Crippen LogP contribution in [0.25, 0.3) is 0 Å². The normalized spacial score (nSPS) is 24.0. The molecule has 11 heteroatoms. The Labute approximate surface area is 176 Å². The van der Waals surface area contributed by atoms with Gasteiger partial charge in [-0.3, -0.25) is 19.1 Å². The first-order valence-corrected chi connectivity index (χ1v) is 9.72. The third-order valence-electron chi connectivity index (χ3n) is 5.11. The topological polar surface area (TPSA) is 163 Å². The molecule has 0 aliphatic carbocycles. The molecule has 1 fully saturated rings. The number of hydrogen-bond donors (Lipinski definition) is 5. The zero-order valence-corrected chi connectivity index (χ0v) is 16.8. The van der Waals surface area contributed by atoms with Gasteiger partial charge in [-0.25, -0.2) is 4.79 Å². The Balaban J connectivity index is 1.50. The molecule has 0 spiro atoms. The summed E-state index contributed by atoms with van der Waals surface area (Å²) < 4.78 is 11.5. The van der Waals surface area contributed by atoms with Crippen LogP contribution < -0.4 is 21.3 Å². The Kier molecular flexibility index (Phi) is 7.23. The molecule has 1 aromatic carbocycles. The molecule has 168 valence electrons. The minimum absolute atomic E-state index is 0.0291. The van der Waals surface area contributed by atoms with Crippen LogP contribution in [0.4, 0.5) is 0 Å². The van der Waals surface area contributed by atoms with Crippen LogP contribution in [0.5, 0.6) is 5.75 Å². The van der Waals surface area contributed by atoms with Crippen molar-refractivity contribution in [2.24, 2.45) is 0 Å². The molecule has 0 saturated carbocycles. The van der Waals surface area contributed by atoms with Crippen LogP contribution in [-0.2, 0) is 9.53 Å². The van der Waals surface area contributed by atoms with Crippen molar-refractivity contribution in [3.05, 3.63) is 62.9 Å². The van der Waals surface area contributed by atoms with Gasteiger partial charge in [0, 0.05) is 25.2 Å². The predicted molar refractivity (Wildman–Crippen MR) is 107 cm³/mol. The molecule has 1 aliphatic rings. The van der Waals surface area contributed by atoms with Crippen molar-refractivity contribution in [3.8, 4) is 5.75 Å². The second-order valence-electron chi connectivity index (χ2n) is 7.20. The van der Waals surface area contributed by atoms with E-state index in [1.807, 2.05) is 4.98 Å². The van der Waals surface area contributed by atoms with E-state index in [1.165, 1.54) is 0 Å². The van der Waals surface area contributed by atoms with E-state index >= 15 is 0 Å². The first kappa shape index (κ1) is 22.7. The molecule has 3 rings (SSSR count). The van der Waals surface area contributed by atoms with E-state index < -0.39 is 41.9 Å². The lowest BCUT2D eigenvalue weighted by atomic mass is 10.0. The smallest absolute Gasteiger partial charge is 0.330 e. The molecular weight excluding hydrogens is 410 g/mol. The number of ether oxygens (including phenoxy) is 2. The minimum Gasteiger partial charge on any atom is -0.497 e. The van der Waals surface area contributed by atoms with E-state index in [9.17, 15) is 29.7 Å². The number of aromatic nitrogens is 2. The van der Waals surface area contributed by atoms with Crippen LogP contribution in [0, 0.1) is 0 Å². The van der Waals surface area contributed by atoms with Crippen LogP contribution in [0.15, 0.2) is 46.1 Å². The lowest BCUT2D eigenvalue weighted by Crippen LogP contribution is -2.40. The van der Waals surface area contributed by atoms with E-state index in [2.05, 4.69) is 5.32 Å². The maximum Gasteiger partial charge on any atom is 0.330 e. The van der Waals surface area contributed by atoms with Gasteiger partial charge in [-0.15, -0.1) is 0 Å². The van der Waals surface area contributed by atoms with Crippen LogP contribution >= 0.6 is 0 Å². The van der Waals surface area contributed by atoms with E-state index in [0.717, 1.165) is 16.8 Å². The van der Waals surface area contributed by atoms with Gasteiger partial charge in [-0.05, 0) is 24.1 Å². The number of carbonyl (C=O) groups excluding carboxylic acids is 1. The Morgan fingerprint density at radius 2 is 1.94 bits per heavy atom. The van der Waals surface area contributed by atoms with E-state index in [4.69, 9.17) is 9.47 Å². The average molecular weight is 435 g/mol. The largest absolute Gasteiger partial charge is 0.497 e. The summed E-state index contributed by atoms with van der Waals surface area (Å²) >= 11 is 0. The number of nitrogens with zero attached hydrogens (tertiary/aromatic N) is 1. The van der Waals surface area contributed by atoms with Gasteiger partial charge in [0.1, 0.15) is 24.1 Å². The summed E-state index contributed by atoms with van der Waals surface area (Å²) in [7, 11) is 1.54. The molecule has 11 nitrogen and oxygen atoms in total. The number of aliphatic hydroxyl groups is 3. The minimum atomic E-state index is -1.43. The van der Waals surface area contributed by atoms with Gasteiger partial charge in [0.15, 0.2) is 6.23 Å². The first-order valence-electron chi connectivity index (χ1n) is 9.72. The summed E-state index contributed by atoms with van der Waals surface area (Å²) in [6.45, 7) is -0.107. The van der Waals surface area contributed by atoms with Gasteiger partial charge in [0.2, 0.25) is 5.91 Å². The van der Waals surface area contributed by atoms with Crippen LogP contribution in [0.2, 0.25) is 0 Å². The third-order valence-corrected chi connectivity index (χ3v) is 5.11. The molecule has 5 atom stereocenters. The molecule has 1 aromatic heterocycles. The van der Waals surface area contributed by atoms with Crippen molar-refractivity contribution >= 4 is 5.91 Å². The highest BCUT2D eigenvalue weighted by molar-refractivity contribution is 5.75. The zero-order valence-electron chi connectivity index (χ0n) is 16.8. The van der Waals surface area contributed by atoms with Gasteiger partial charge in [0.05, 0.1) is 13.2 Å². The highest BCUT2D eigenvalue weighted by Gasteiger charge is 2.44. The van der Waals surface area contributed by atoms with Gasteiger partial charge in [-0.2, -0.15) is 0 Å². The maximum absolute atomic E-state index is 12.1. The lowest BCUT2D eigenvalue weighted by Gasteiger charge is -2.17. The van der Waals surface area contributed by atoms with E-state index in [0.29, 0.717) is 11.3 Å². The van der Waals surface area contributed by atoms with Crippen LogP contribution in [0.1, 0.15) is 30.7 Å². The second-order valence-corrected chi connectivity index (χ2v) is 7.20. The molecule has 1 saturated heterocycles. The van der Waals surface area contributed by atoms with Crippen molar-refractivity contribution < 1.29 is 29.6 Å². The molecule has 0 bridgehead atoms. The van der Waals surface area contributed by atoms with Gasteiger partial charge < -0.3 is 30.1 Å². The van der Waals surface area contributed by atoms with Gasteiger partial charge >= 0.3 is 5.69 Å².